The average Bonchev–Trinajstić information content (AvgIpc) is 2.41. The first-order valence-electron chi connectivity index (χ1n) is 5.65. The maximum Gasteiger partial charge on any atom is 0.418 e. The Bertz CT molecular complexity index is 726. The van der Waals surface area contributed by atoms with E-state index in [0.29, 0.717) is 6.20 Å². The SMILES string of the molecule is O=C(Nc1ccccc1)c1c(C(F)(F)F)c[nH]c(=O)c1Cl. The van der Waals surface area contributed by atoms with Crippen LogP contribution < -0.4 is 10.9 Å². The lowest BCUT2D eigenvalue weighted by Crippen LogP contribution is -2.24. The van der Waals surface area contributed by atoms with Crippen molar-refractivity contribution >= 4 is 23.2 Å². The van der Waals surface area contributed by atoms with Crippen molar-refractivity contribution in [1.82, 2.24) is 4.98 Å². The molecule has 0 spiro atoms. The smallest absolute Gasteiger partial charge is 0.327 e. The van der Waals surface area contributed by atoms with Crippen LogP contribution in [0.1, 0.15) is 15.9 Å². The van der Waals surface area contributed by atoms with E-state index in [-0.39, 0.29) is 5.69 Å². The summed E-state index contributed by atoms with van der Waals surface area (Å²) in [6.45, 7) is 0. The van der Waals surface area contributed by atoms with Crippen molar-refractivity contribution in [3.05, 3.63) is 63.0 Å². The number of H-pyrrole nitrogens is 1. The number of pyridine rings is 1. The van der Waals surface area contributed by atoms with Crippen LogP contribution in [0.15, 0.2) is 41.3 Å². The van der Waals surface area contributed by atoms with Crippen molar-refractivity contribution < 1.29 is 18.0 Å². The number of halogens is 4. The summed E-state index contributed by atoms with van der Waals surface area (Å²) in [4.78, 5) is 25.2. The maximum absolute atomic E-state index is 12.9. The lowest BCUT2D eigenvalue weighted by molar-refractivity contribution is -0.138. The predicted octanol–water partition coefficient (Wildman–Crippen LogP) is 3.30. The van der Waals surface area contributed by atoms with E-state index in [1.165, 1.54) is 12.1 Å². The van der Waals surface area contributed by atoms with Crippen LogP contribution in [0, 0.1) is 0 Å². The lowest BCUT2D eigenvalue weighted by Gasteiger charge is -2.13. The highest BCUT2D eigenvalue weighted by atomic mass is 35.5. The summed E-state index contributed by atoms with van der Waals surface area (Å²) in [6.07, 6.45) is -4.40. The van der Waals surface area contributed by atoms with E-state index in [1.54, 1.807) is 18.2 Å². The number of anilines is 1. The molecule has 0 unspecified atom stereocenters. The van der Waals surface area contributed by atoms with Crippen LogP contribution in [0.2, 0.25) is 5.02 Å². The molecular formula is C13H8ClF3N2O2. The molecule has 4 nitrogen and oxygen atoms in total. The second kappa shape index (κ2) is 5.61. The predicted molar refractivity (Wildman–Crippen MR) is 71.5 cm³/mol. The van der Waals surface area contributed by atoms with E-state index in [0.717, 1.165) is 0 Å². The molecule has 0 fully saturated rings. The fourth-order valence-corrected chi connectivity index (χ4v) is 1.91. The molecule has 0 aliphatic heterocycles. The number of aromatic nitrogens is 1. The molecule has 1 aromatic carbocycles. The van der Waals surface area contributed by atoms with Crippen LogP contribution in [0.4, 0.5) is 18.9 Å². The molecule has 8 heteroatoms. The van der Waals surface area contributed by atoms with Gasteiger partial charge in [0.2, 0.25) is 0 Å². The third-order valence-electron chi connectivity index (χ3n) is 2.60. The molecular weight excluding hydrogens is 309 g/mol. The summed E-state index contributed by atoms with van der Waals surface area (Å²) in [5, 5.41) is 1.46. The van der Waals surface area contributed by atoms with E-state index in [4.69, 9.17) is 11.6 Å². The summed E-state index contributed by atoms with van der Waals surface area (Å²) in [6, 6.07) is 7.86. The first-order chi connectivity index (χ1) is 9.80. The Balaban J connectivity index is 2.49. The number of rotatable bonds is 2. The van der Waals surface area contributed by atoms with E-state index in [1.807, 2.05) is 4.98 Å². The van der Waals surface area contributed by atoms with Gasteiger partial charge in [-0.1, -0.05) is 29.8 Å². The van der Waals surface area contributed by atoms with Crippen LogP contribution in [0.5, 0.6) is 0 Å². The van der Waals surface area contributed by atoms with Gasteiger partial charge in [-0.25, -0.2) is 0 Å². The molecule has 2 N–H and O–H groups in total. The topological polar surface area (TPSA) is 62.0 Å². The second-order valence-electron chi connectivity index (χ2n) is 4.04. The van der Waals surface area contributed by atoms with Gasteiger partial charge >= 0.3 is 6.18 Å². The van der Waals surface area contributed by atoms with Crippen molar-refractivity contribution in [3.8, 4) is 0 Å². The van der Waals surface area contributed by atoms with Gasteiger partial charge < -0.3 is 10.3 Å². The highest BCUT2D eigenvalue weighted by Crippen LogP contribution is 2.33. The molecule has 1 amide bonds. The summed E-state index contributed by atoms with van der Waals surface area (Å²) in [5.41, 5.74) is -2.90. The number of carbonyl (C=O) groups is 1. The average molecular weight is 317 g/mol. The highest BCUT2D eigenvalue weighted by molar-refractivity contribution is 6.34. The van der Waals surface area contributed by atoms with Crippen LogP contribution >= 0.6 is 11.6 Å². The van der Waals surface area contributed by atoms with Crippen molar-refractivity contribution in [3.63, 3.8) is 0 Å². The molecule has 0 atom stereocenters. The Labute approximate surface area is 121 Å². The summed E-state index contributed by atoms with van der Waals surface area (Å²) in [5.74, 6) is -1.11. The van der Waals surface area contributed by atoms with Crippen molar-refractivity contribution in [2.75, 3.05) is 5.32 Å². The summed E-state index contributed by atoms with van der Waals surface area (Å²) in [7, 11) is 0. The number of para-hydroxylation sites is 1. The summed E-state index contributed by atoms with van der Waals surface area (Å²) >= 11 is 5.56. The molecule has 1 aromatic heterocycles. The molecule has 0 bridgehead atoms. The normalized spacial score (nSPS) is 11.2. The van der Waals surface area contributed by atoms with Crippen LogP contribution in [0.3, 0.4) is 0 Å². The van der Waals surface area contributed by atoms with Crippen LogP contribution in [0.25, 0.3) is 0 Å². The fraction of sp³-hybridized carbons (Fsp3) is 0.0769. The maximum atomic E-state index is 12.9. The molecule has 0 aliphatic rings. The molecule has 1 heterocycles. The van der Waals surface area contributed by atoms with Gasteiger partial charge in [0.05, 0.1) is 11.1 Å². The van der Waals surface area contributed by atoms with Crippen molar-refractivity contribution in [1.29, 1.82) is 0 Å². The number of alkyl halides is 3. The third-order valence-corrected chi connectivity index (χ3v) is 2.96. The van der Waals surface area contributed by atoms with Crippen LogP contribution in [-0.4, -0.2) is 10.9 Å². The minimum absolute atomic E-state index is 0.284. The fourth-order valence-electron chi connectivity index (χ4n) is 1.67. The number of hydrogen-bond donors (Lipinski definition) is 2. The number of hydrogen-bond acceptors (Lipinski definition) is 2. The van der Waals surface area contributed by atoms with Gasteiger partial charge in [-0.2, -0.15) is 13.2 Å². The lowest BCUT2D eigenvalue weighted by atomic mass is 10.1. The zero-order chi connectivity index (χ0) is 15.6. The Morgan fingerprint density at radius 3 is 2.38 bits per heavy atom. The number of nitrogens with one attached hydrogen (secondary N) is 2. The Hall–Kier alpha value is -2.28. The number of carbonyl (C=O) groups excluding carboxylic acids is 1. The van der Waals surface area contributed by atoms with Crippen LogP contribution in [-0.2, 0) is 6.18 Å². The van der Waals surface area contributed by atoms with Gasteiger partial charge in [0.1, 0.15) is 5.02 Å². The number of aromatic amines is 1. The molecule has 0 saturated heterocycles. The van der Waals surface area contributed by atoms with Gasteiger partial charge in [-0.15, -0.1) is 0 Å². The molecule has 0 saturated carbocycles. The first-order valence-corrected chi connectivity index (χ1v) is 6.03. The van der Waals surface area contributed by atoms with E-state index in [9.17, 15) is 22.8 Å². The molecule has 2 rings (SSSR count). The monoisotopic (exact) mass is 316 g/mol. The molecule has 2 aromatic rings. The number of amides is 1. The zero-order valence-corrected chi connectivity index (χ0v) is 11.0. The van der Waals surface area contributed by atoms with Gasteiger partial charge in [-0.3, -0.25) is 9.59 Å². The zero-order valence-electron chi connectivity index (χ0n) is 10.3. The summed E-state index contributed by atoms with van der Waals surface area (Å²) < 4.78 is 38.7. The molecule has 110 valence electrons. The molecule has 0 radical (unpaired) electrons. The standard InChI is InChI=1S/C13H8ClF3N2O2/c14-10-9(8(13(15,16)17)6-18-12(10)21)11(20)19-7-4-2-1-3-5-7/h1-6H,(H,18,21)(H,19,20). The quantitative estimate of drug-likeness (QED) is 0.893. The van der Waals surface area contributed by atoms with Gasteiger partial charge in [0.15, 0.2) is 0 Å². The minimum atomic E-state index is -4.82. The second-order valence-corrected chi connectivity index (χ2v) is 4.42. The first kappa shape index (κ1) is 15.1. The number of benzene rings is 1. The Kier molecular flexibility index (Phi) is 4.04. The molecule has 21 heavy (non-hydrogen) atoms. The molecule has 0 aliphatic carbocycles. The Morgan fingerprint density at radius 1 is 1.19 bits per heavy atom. The van der Waals surface area contributed by atoms with Crippen molar-refractivity contribution in [2.24, 2.45) is 0 Å². The largest absolute Gasteiger partial charge is 0.418 e. The minimum Gasteiger partial charge on any atom is -0.327 e. The van der Waals surface area contributed by atoms with Gasteiger partial charge in [-0.05, 0) is 12.1 Å². The highest BCUT2D eigenvalue weighted by Gasteiger charge is 2.37. The third kappa shape index (κ3) is 3.25. The van der Waals surface area contributed by atoms with Gasteiger partial charge in [0, 0.05) is 11.9 Å². The van der Waals surface area contributed by atoms with E-state index < -0.39 is 33.8 Å². The van der Waals surface area contributed by atoms with E-state index in [2.05, 4.69) is 5.32 Å². The van der Waals surface area contributed by atoms with Gasteiger partial charge in [0.25, 0.3) is 11.5 Å². The van der Waals surface area contributed by atoms with Crippen molar-refractivity contribution in [2.45, 2.75) is 6.18 Å². The van der Waals surface area contributed by atoms with E-state index >= 15 is 0 Å². The Morgan fingerprint density at radius 2 is 1.81 bits per heavy atom.